The van der Waals surface area contributed by atoms with Gasteiger partial charge in [-0.3, -0.25) is 0 Å². The molecule has 0 saturated heterocycles. The maximum Gasteiger partial charge on any atom is 0.0454 e. The van der Waals surface area contributed by atoms with Gasteiger partial charge in [0.25, 0.3) is 0 Å². The van der Waals surface area contributed by atoms with Crippen LogP contribution in [0.25, 0.3) is 0 Å². The number of rotatable bonds is 4. The van der Waals surface area contributed by atoms with Crippen molar-refractivity contribution in [2.75, 3.05) is 0 Å². The molecule has 0 aliphatic heterocycles. The second-order valence-corrected chi connectivity index (χ2v) is 6.20. The van der Waals surface area contributed by atoms with Gasteiger partial charge in [-0.2, -0.15) is 0 Å². The molecule has 1 aromatic rings. The Balaban J connectivity index is 1.90. The van der Waals surface area contributed by atoms with E-state index in [2.05, 4.69) is 0 Å². The van der Waals surface area contributed by atoms with E-state index in [4.69, 9.17) is 28.9 Å². The first-order valence-corrected chi connectivity index (χ1v) is 7.63. The Kier molecular flexibility index (Phi) is 5.35. The largest absolute Gasteiger partial charge is 0.324 e. The highest BCUT2D eigenvalue weighted by Crippen LogP contribution is 2.32. The quantitative estimate of drug-likeness (QED) is 0.792. The van der Waals surface area contributed by atoms with Gasteiger partial charge in [0.15, 0.2) is 0 Å². The predicted octanol–water partition coefficient (Wildman–Crippen LogP) is 5.35. The van der Waals surface area contributed by atoms with E-state index >= 15 is 0 Å². The minimum absolute atomic E-state index is 0.0122. The van der Waals surface area contributed by atoms with Crippen molar-refractivity contribution in [2.24, 2.45) is 11.7 Å². The van der Waals surface area contributed by atoms with Crippen molar-refractivity contribution in [1.29, 1.82) is 0 Å². The first-order valence-electron chi connectivity index (χ1n) is 6.87. The topological polar surface area (TPSA) is 26.0 Å². The van der Waals surface area contributed by atoms with Gasteiger partial charge in [-0.15, -0.1) is 0 Å². The van der Waals surface area contributed by atoms with Gasteiger partial charge in [0.1, 0.15) is 0 Å². The maximum absolute atomic E-state index is 6.24. The number of hydrogen-bond donors (Lipinski definition) is 1. The molecule has 100 valence electrons. The molecule has 2 rings (SSSR count). The molecule has 1 aromatic carbocycles. The highest BCUT2D eigenvalue weighted by Gasteiger charge is 2.16. The van der Waals surface area contributed by atoms with Gasteiger partial charge in [0.2, 0.25) is 0 Å². The Morgan fingerprint density at radius 2 is 1.89 bits per heavy atom. The summed E-state index contributed by atoms with van der Waals surface area (Å²) in [7, 11) is 0. The van der Waals surface area contributed by atoms with E-state index in [0.29, 0.717) is 5.02 Å². The van der Waals surface area contributed by atoms with Crippen molar-refractivity contribution in [3.63, 3.8) is 0 Å². The highest BCUT2D eigenvalue weighted by molar-refractivity contribution is 6.33. The third-order valence-corrected chi connectivity index (χ3v) is 4.55. The molecular formula is C15H21Cl2N. The molecule has 1 atom stereocenters. The zero-order valence-electron chi connectivity index (χ0n) is 10.7. The summed E-state index contributed by atoms with van der Waals surface area (Å²) in [5.74, 6) is 0.864. The van der Waals surface area contributed by atoms with E-state index in [-0.39, 0.29) is 6.04 Å². The minimum atomic E-state index is 0.0122. The molecule has 18 heavy (non-hydrogen) atoms. The molecule has 0 amide bonds. The third kappa shape index (κ3) is 3.88. The fraction of sp³-hybridized carbons (Fsp3) is 0.600. The molecule has 0 bridgehead atoms. The third-order valence-electron chi connectivity index (χ3n) is 3.97. The molecule has 1 nitrogen and oxygen atoms in total. The van der Waals surface area contributed by atoms with Crippen molar-refractivity contribution >= 4 is 23.2 Å². The second-order valence-electron chi connectivity index (χ2n) is 5.35. The van der Waals surface area contributed by atoms with Crippen molar-refractivity contribution in [3.8, 4) is 0 Å². The fourth-order valence-corrected chi connectivity index (χ4v) is 3.28. The minimum Gasteiger partial charge on any atom is -0.324 e. The SMILES string of the molecule is NC(CCC1CCCCC1)c1cc(Cl)ccc1Cl. The van der Waals surface area contributed by atoms with Crippen LogP contribution in [0.15, 0.2) is 18.2 Å². The summed E-state index contributed by atoms with van der Waals surface area (Å²) in [6.07, 6.45) is 9.14. The van der Waals surface area contributed by atoms with E-state index in [0.717, 1.165) is 22.9 Å². The van der Waals surface area contributed by atoms with Crippen LogP contribution in [0.3, 0.4) is 0 Å². The lowest BCUT2D eigenvalue weighted by Gasteiger charge is -2.23. The van der Waals surface area contributed by atoms with Crippen LogP contribution in [0, 0.1) is 5.92 Å². The maximum atomic E-state index is 6.24. The van der Waals surface area contributed by atoms with Crippen LogP contribution in [-0.4, -0.2) is 0 Å². The summed E-state index contributed by atoms with van der Waals surface area (Å²) >= 11 is 12.2. The van der Waals surface area contributed by atoms with Gasteiger partial charge >= 0.3 is 0 Å². The van der Waals surface area contributed by atoms with Crippen molar-refractivity contribution in [1.82, 2.24) is 0 Å². The molecule has 1 unspecified atom stereocenters. The zero-order chi connectivity index (χ0) is 13.0. The van der Waals surface area contributed by atoms with Gasteiger partial charge in [0, 0.05) is 16.1 Å². The Morgan fingerprint density at radius 3 is 2.61 bits per heavy atom. The summed E-state index contributed by atoms with van der Waals surface area (Å²) in [5, 5.41) is 1.44. The summed E-state index contributed by atoms with van der Waals surface area (Å²) in [5.41, 5.74) is 7.22. The van der Waals surface area contributed by atoms with E-state index in [1.807, 2.05) is 12.1 Å². The summed E-state index contributed by atoms with van der Waals surface area (Å²) in [4.78, 5) is 0. The Bertz CT molecular complexity index is 386. The lowest BCUT2D eigenvalue weighted by atomic mass is 9.84. The molecule has 0 radical (unpaired) electrons. The molecule has 0 heterocycles. The van der Waals surface area contributed by atoms with Crippen LogP contribution in [0.5, 0.6) is 0 Å². The van der Waals surface area contributed by atoms with Crippen LogP contribution < -0.4 is 5.73 Å². The average Bonchev–Trinajstić information content (AvgIpc) is 2.40. The monoisotopic (exact) mass is 285 g/mol. The van der Waals surface area contributed by atoms with E-state index in [1.165, 1.54) is 38.5 Å². The second kappa shape index (κ2) is 6.79. The predicted molar refractivity (Wildman–Crippen MR) is 79.2 cm³/mol. The van der Waals surface area contributed by atoms with Crippen LogP contribution >= 0.6 is 23.2 Å². The molecule has 2 N–H and O–H groups in total. The van der Waals surface area contributed by atoms with Gasteiger partial charge < -0.3 is 5.73 Å². The number of halogens is 2. The van der Waals surface area contributed by atoms with Crippen LogP contribution in [0.4, 0.5) is 0 Å². The fourth-order valence-electron chi connectivity index (χ4n) is 2.85. The summed E-state index contributed by atoms with van der Waals surface area (Å²) in [6.45, 7) is 0. The first-order chi connectivity index (χ1) is 8.66. The molecule has 0 aromatic heterocycles. The van der Waals surface area contributed by atoms with E-state index in [9.17, 15) is 0 Å². The average molecular weight is 286 g/mol. The first kappa shape index (κ1) is 14.2. The Morgan fingerprint density at radius 1 is 1.17 bits per heavy atom. The van der Waals surface area contributed by atoms with Gasteiger partial charge in [0.05, 0.1) is 0 Å². The van der Waals surface area contributed by atoms with Crippen molar-refractivity contribution in [3.05, 3.63) is 33.8 Å². The number of hydrogen-bond acceptors (Lipinski definition) is 1. The molecule has 1 aliphatic rings. The lowest BCUT2D eigenvalue weighted by molar-refractivity contribution is 0.324. The Labute approximate surface area is 120 Å². The van der Waals surface area contributed by atoms with Crippen molar-refractivity contribution in [2.45, 2.75) is 51.0 Å². The van der Waals surface area contributed by atoms with Crippen molar-refractivity contribution < 1.29 is 0 Å². The molecule has 0 spiro atoms. The summed E-state index contributed by atoms with van der Waals surface area (Å²) < 4.78 is 0. The molecule has 1 saturated carbocycles. The standard InChI is InChI=1S/C15H21Cl2N/c16-12-7-8-14(17)13(10-12)15(18)9-6-11-4-2-1-3-5-11/h7-8,10-11,15H,1-6,9,18H2. The Hall–Kier alpha value is -0.240. The van der Waals surface area contributed by atoms with Gasteiger partial charge in [-0.1, -0.05) is 55.3 Å². The molecular weight excluding hydrogens is 265 g/mol. The molecule has 1 aliphatic carbocycles. The smallest absolute Gasteiger partial charge is 0.0454 e. The van der Waals surface area contributed by atoms with E-state index in [1.54, 1.807) is 6.07 Å². The van der Waals surface area contributed by atoms with E-state index < -0.39 is 0 Å². The van der Waals surface area contributed by atoms with Crippen LogP contribution in [-0.2, 0) is 0 Å². The van der Waals surface area contributed by atoms with Gasteiger partial charge in [-0.25, -0.2) is 0 Å². The van der Waals surface area contributed by atoms with Gasteiger partial charge in [-0.05, 0) is 42.5 Å². The molecule has 1 fully saturated rings. The lowest BCUT2D eigenvalue weighted by Crippen LogP contribution is -2.14. The highest BCUT2D eigenvalue weighted by atomic mass is 35.5. The summed E-state index contributed by atoms with van der Waals surface area (Å²) in [6, 6.07) is 5.55. The normalized spacial score (nSPS) is 18.8. The van der Waals surface area contributed by atoms with Crippen LogP contribution in [0.1, 0.15) is 56.6 Å². The zero-order valence-corrected chi connectivity index (χ0v) is 12.2. The number of nitrogens with two attached hydrogens (primary N) is 1. The number of benzene rings is 1. The molecule has 3 heteroatoms. The van der Waals surface area contributed by atoms with Crippen LogP contribution in [0.2, 0.25) is 10.0 Å².